The highest BCUT2D eigenvalue weighted by Gasteiger charge is 2.30. The van der Waals surface area contributed by atoms with Gasteiger partial charge in [-0.15, -0.1) is 22.7 Å². The minimum atomic E-state index is -0.505. The zero-order chi connectivity index (χ0) is 24.1. The molecule has 0 saturated heterocycles. The molecule has 0 aliphatic heterocycles. The number of hydrogen-bond donors (Lipinski definition) is 3. The van der Waals surface area contributed by atoms with Crippen LogP contribution in [0.5, 0.6) is 0 Å². The number of fused-ring (bicyclic) bond motifs is 3. The Labute approximate surface area is 211 Å². The second kappa shape index (κ2) is 8.77. The van der Waals surface area contributed by atoms with E-state index in [2.05, 4.69) is 35.6 Å². The number of amides is 2. The van der Waals surface area contributed by atoms with Gasteiger partial charge in [-0.2, -0.15) is 0 Å². The van der Waals surface area contributed by atoms with Crippen LogP contribution in [0.15, 0.2) is 36.4 Å². The van der Waals surface area contributed by atoms with Crippen LogP contribution in [0.25, 0.3) is 10.2 Å². The fourth-order valence-corrected chi connectivity index (χ4v) is 7.75. The number of hydrogen-bond acceptors (Lipinski definition) is 6. The van der Waals surface area contributed by atoms with E-state index in [1.807, 2.05) is 6.07 Å². The third-order valence-corrected chi connectivity index (χ3v) is 9.50. The number of thiophene rings is 2. The van der Waals surface area contributed by atoms with Gasteiger partial charge in [0.05, 0.1) is 11.3 Å². The molecule has 0 spiro atoms. The summed E-state index contributed by atoms with van der Waals surface area (Å²) in [4.78, 5) is 32.9. The van der Waals surface area contributed by atoms with Gasteiger partial charge < -0.3 is 16.8 Å². The van der Waals surface area contributed by atoms with E-state index in [0.717, 1.165) is 71.3 Å². The third-order valence-electron chi connectivity index (χ3n) is 7.22. The van der Waals surface area contributed by atoms with Gasteiger partial charge in [0.15, 0.2) is 0 Å². The minimum Gasteiger partial charge on any atom is -0.397 e. The zero-order valence-corrected chi connectivity index (χ0v) is 20.9. The lowest BCUT2D eigenvalue weighted by atomic mass is 9.83. The fraction of sp³-hybridized carbons (Fsp3) is 0.296. The van der Waals surface area contributed by atoms with Crippen molar-refractivity contribution in [1.29, 1.82) is 0 Å². The monoisotopic (exact) mass is 502 g/mol. The van der Waals surface area contributed by atoms with Gasteiger partial charge in [0, 0.05) is 16.0 Å². The van der Waals surface area contributed by atoms with Crippen molar-refractivity contribution in [1.82, 2.24) is 4.98 Å². The van der Waals surface area contributed by atoms with Crippen LogP contribution in [0.4, 0.5) is 10.7 Å². The Morgan fingerprint density at radius 1 is 1.06 bits per heavy atom. The van der Waals surface area contributed by atoms with Crippen LogP contribution in [0, 0.1) is 0 Å². The first-order chi connectivity index (χ1) is 17.0. The first-order valence-electron chi connectivity index (χ1n) is 12.0. The Hall–Kier alpha value is -3.23. The van der Waals surface area contributed by atoms with Gasteiger partial charge in [0.1, 0.15) is 14.7 Å². The summed E-state index contributed by atoms with van der Waals surface area (Å²) in [6.45, 7) is 0. The number of carbonyl (C=O) groups is 2. The topological polar surface area (TPSA) is 111 Å². The number of nitrogens with one attached hydrogen (secondary N) is 1. The van der Waals surface area contributed by atoms with Gasteiger partial charge in [0.2, 0.25) is 0 Å². The number of benzene rings is 1. The summed E-state index contributed by atoms with van der Waals surface area (Å²) in [6.07, 6.45) is 6.81. The first-order valence-corrected chi connectivity index (χ1v) is 13.6. The van der Waals surface area contributed by atoms with Crippen molar-refractivity contribution in [3.05, 3.63) is 74.1 Å². The number of carbonyl (C=O) groups excluding carboxylic acids is 2. The quantitative estimate of drug-likeness (QED) is 0.345. The maximum absolute atomic E-state index is 13.3. The highest BCUT2D eigenvalue weighted by atomic mass is 32.1. The molecule has 1 atom stereocenters. The summed E-state index contributed by atoms with van der Waals surface area (Å²) in [7, 11) is 0. The van der Waals surface area contributed by atoms with Gasteiger partial charge in [-0.05, 0) is 73.6 Å². The van der Waals surface area contributed by atoms with E-state index >= 15 is 0 Å². The first kappa shape index (κ1) is 22.2. The molecule has 1 unspecified atom stereocenters. The van der Waals surface area contributed by atoms with Gasteiger partial charge in [-0.1, -0.05) is 30.3 Å². The molecule has 0 fully saturated rings. The normalized spacial score (nSPS) is 17.1. The Balaban J connectivity index is 1.32. The maximum atomic E-state index is 13.3. The highest BCUT2D eigenvalue weighted by Crippen LogP contribution is 2.43. The number of anilines is 2. The molecule has 35 heavy (non-hydrogen) atoms. The molecule has 5 N–H and O–H groups in total. The third kappa shape index (κ3) is 3.90. The molecule has 1 aromatic carbocycles. The smallest absolute Gasteiger partial charge is 0.268 e. The predicted octanol–water partition coefficient (Wildman–Crippen LogP) is 5.44. The number of primary amides is 1. The summed E-state index contributed by atoms with van der Waals surface area (Å²) in [5.74, 6) is -0.430. The van der Waals surface area contributed by atoms with Gasteiger partial charge in [-0.25, -0.2) is 4.98 Å². The molecule has 6 rings (SSSR count). The second-order valence-corrected chi connectivity index (χ2v) is 11.5. The standard InChI is InChI=1S/C27H26N4O2S2/c28-22-18-12-16-8-4-5-9-19(16)30-26(18)35-23(22)25(33)31-27-21(24(29)32)17-11-10-15(13-20(17)34-27)14-6-2-1-3-7-14/h1-3,6-7,12,15H,4-5,8-11,13,28H2,(H2,29,32)(H,31,33). The molecule has 3 aromatic heterocycles. The summed E-state index contributed by atoms with van der Waals surface area (Å²) in [5, 5.41) is 4.33. The van der Waals surface area contributed by atoms with Gasteiger partial charge in [0.25, 0.3) is 11.8 Å². The van der Waals surface area contributed by atoms with E-state index in [9.17, 15) is 9.59 Å². The van der Waals surface area contributed by atoms with Crippen LogP contribution in [0.3, 0.4) is 0 Å². The van der Waals surface area contributed by atoms with Crippen molar-refractivity contribution >= 4 is 55.4 Å². The van der Waals surface area contributed by atoms with Gasteiger partial charge in [-0.3, -0.25) is 9.59 Å². The van der Waals surface area contributed by atoms with E-state index < -0.39 is 5.91 Å². The minimum absolute atomic E-state index is 0.316. The van der Waals surface area contributed by atoms with E-state index in [0.29, 0.717) is 27.0 Å². The second-order valence-electron chi connectivity index (χ2n) is 9.38. The average Bonchev–Trinajstić information content (AvgIpc) is 3.39. The molecule has 4 aromatic rings. The molecule has 2 aliphatic carbocycles. The summed E-state index contributed by atoms with van der Waals surface area (Å²) < 4.78 is 0. The maximum Gasteiger partial charge on any atom is 0.268 e. The molecule has 0 saturated carbocycles. The Bertz CT molecular complexity index is 1470. The SMILES string of the molecule is NC(=O)c1c(NC(=O)c2sc3nc4c(cc3c2N)CCCC4)sc2c1CCC(c1ccccc1)C2. The van der Waals surface area contributed by atoms with Crippen LogP contribution in [-0.4, -0.2) is 16.8 Å². The van der Waals surface area contributed by atoms with Crippen LogP contribution < -0.4 is 16.8 Å². The van der Waals surface area contributed by atoms with Gasteiger partial charge >= 0.3 is 0 Å². The summed E-state index contributed by atoms with van der Waals surface area (Å²) in [6, 6.07) is 12.5. The van der Waals surface area contributed by atoms with Crippen molar-refractivity contribution in [2.45, 2.75) is 50.9 Å². The van der Waals surface area contributed by atoms with Crippen LogP contribution >= 0.6 is 22.7 Å². The molecule has 3 heterocycles. The van der Waals surface area contributed by atoms with Crippen molar-refractivity contribution in [3.8, 4) is 0 Å². The Morgan fingerprint density at radius 3 is 2.66 bits per heavy atom. The molecular weight excluding hydrogens is 476 g/mol. The van der Waals surface area contributed by atoms with E-state index in [4.69, 9.17) is 16.5 Å². The summed E-state index contributed by atoms with van der Waals surface area (Å²) >= 11 is 2.77. The number of nitrogen functional groups attached to an aromatic ring is 1. The van der Waals surface area contributed by atoms with Crippen molar-refractivity contribution in [2.24, 2.45) is 5.73 Å². The predicted molar refractivity (Wildman–Crippen MR) is 143 cm³/mol. The number of aryl methyl sites for hydroxylation is 2. The Morgan fingerprint density at radius 2 is 1.86 bits per heavy atom. The van der Waals surface area contributed by atoms with Crippen LogP contribution in [0.2, 0.25) is 0 Å². The molecule has 178 valence electrons. The molecule has 2 aliphatic rings. The Kier molecular flexibility index (Phi) is 5.57. The molecular formula is C27H26N4O2S2. The molecule has 8 heteroatoms. The van der Waals surface area contributed by atoms with E-state index in [1.54, 1.807) is 0 Å². The lowest BCUT2D eigenvalue weighted by Gasteiger charge is -2.22. The molecule has 0 bridgehead atoms. The number of rotatable bonds is 4. The van der Waals surface area contributed by atoms with Crippen LogP contribution in [0.1, 0.15) is 72.5 Å². The van der Waals surface area contributed by atoms with E-state index in [-0.39, 0.29) is 5.91 Å². The van der Waals surface area contributed by atoms with Crippen LogP contribution in [-0.2, 0) is 25.7 Å². The van der Waals surface area contributed by atoms with Crippen molar-refractivity contribution in [3.63, 3.8) is 0 Å². The molecule has 0 radical (unpaired) electrons. The fourth-order valence-electron chi connectivity index (χ4n) is 5.43. The number of nitrogens with zero attached hydrogens (tertiary/aromatic N) is 1. The number of aromatic nitrogens is 1. The molecule has 2 amide bonds. The average molecular weight is 503 g/mol. The van der Waals surface area contributed by atoms with Crippen molar-refractivity contribution < 1.29 is 9.59 Å². The summed E-state index contributed by atoms with van der Waals surface area (Å²) in [5.41, 5.74) is 17.7. The number of nitrogens with two attached hydrogens (primary N) is 2. The molecule has 6 nitrogen and oxygen atoms in total. The highest BCUT2D eigenvalue weighted by molar-refractivity contribution is 7.21. The van der Waals surface area contributed by atoms with Crippen molar-refractivity contribution in [2.75, 3.05) is 11.1 Å². The zero-order valence-electron chi connectivity index (χ0n) is 19.2. The lowest BCUT2D eigenvalue weighted by molar-refractivity contribution is 0.100. The lowest BCUT2D eigenvalue weighted by Crippen LogP contribution is -2.19. The number of pyridine rings is 1. The largest absolute Gasteiger partial charge is 0.397 e. The van der Waals surface area contributed by atoms with E-state index in [1.165, 1.54) is 33.8 Å².